The van der Waals surface area contributed by atoms with E-state index >= 15 is 0 Å². The molecule has 0 bridgehead atoms. The summed E-state index contributed by atoms with van der Waals surface area (Å²) in [6.07, 6.45) is 4.47. The van der Waals surface area contributed by atoms with Gasteiger partial charge in [0, 0.05) is 11.8 Å². The molecule has 1 heterocycles. The van der Waals surface area contributed by atoms with Gasteiger partial charge < -0.3 is 15.2 Å². The molecule has 1 aromatic heterocycles. The van der Waals surface area contributed by atoms with Crippen LogP contribution in [0.2, 0.25) is 0 Å². The summed E-state index contributed by atoms with van der Waals surface area (Å²) in [6.45, 7) is 2.19. The maximum absolute atomic E-state index is 6.17. The van der Waals surface area contributed by atoms with Crippen LogP contribution in [-0.4, -0.2) is 24.0 Å². The Labute approximate surface area is 124 Å². The molecule has 1 aliphatic rings. The molecular formula is C16H21N3O2. The van der Waals surface area contributed by atoms with Gasteiger partial charge in [0.1, 0.15) is 17.2 Å². The van der Waals surface area contributed by atoms with Gasteiger partial charge in [0.25, 0.3) is 0 Å². The van der Waals surface area contributed by atoms with E-state index in [4.69, 9.17) is 15.2 Å². The van der Waals surface area contributed by atoms with E-state index in [1.165, 1.54) is 12.8 Å². The Balaban J connectivity index is 2.03. The fourth-order valence-corrected chi connectivity index (χ4v) is 2.62. The topological polar surface area (TPSA) is 62.3 Å². The number of hydrogen-bond donors (Lipinski definition) is 1. The number of nitrogen functional groups attached to an aromatic ring is 1. The Hall–Kier alpha value is -2.17. The number of hydrogen-bond acceptors (Lipinski definition) is 4. The third-order valence-corrected chi connectivity index (χ3v) is 4.14. The van der Waals surface area contributed by atoms with Crippen molar-refractivity contribution in [2.24, 2.45) is 5.92 Å². The van der Waals surface area contributed by atoms with Crippen molar-refractivity contribution in [3.8, 4) is 22.8 Å². The highest BCUT2D eigenvalue weighted by molar-refractivity contribution is 5.77. The van der Waals surface area contributed by atoms with E-state index in [0.717, 1.165) is 28.7 Å². The van der Waals surface area contributed by atoms with Gasteiger partial charge in [0.05, 0.1) is 25.9 Å². The van der Waals surface area contributed by atoms with Crippen molar-refractivity contribution in [3.63, 3.8) is 0 Å². The zero-order valence-corrected chi connectivity index (χ0v) is 12.7. The summed E-state index contributed by atoms with van der Waals surface area (Å²) in [5.74, 6) is 2.23. The van der Waals surface area contributed by atoms with Gasteiger partial charge in [-0.1, -0.05) is 0 Å². The first-order valence-corrected chi connectivity index (χ1v) is 7.21. The Kier molecular flexibility index (Phi) is 3.49. The van der Waals surface area contributed by atoms with Crippen LogP contribution in [0.1, 0.15) is 25.8 Å². The molecule has 0 amide bonds. The average molecular weight is 287 g/mol. The van der Waals surface area contributed by atoms with Crippen LogP contribution in [0.4, 0.5) is 5.69 Å². The van der Waals surface area contributed by atoms with Gasteiger partial charge >= 0.3 is 0 Å². The van der Waals surface area contributed by atoms with Crippen LogP contribution in [0, 0.1) is 5.92 Å². The Morgan fingerprint density at radius 1 is 1.29 bits per heavy atom. The number of methoxy groups -OCH3 is 2. The molecule has 1 aromatic carbocycles. The van der Waals surface area contributed by atoms with Gasteiger partial charge in [-0.25, -0.2) is 0 Å². The second-order valence-corrected chi connectivity index (χ2v) is 5.56. The lowest BCUT2D eigenvalue weighted by atomic mass is 10.1. The highest BCUT2D eigenvalue weighted by Crippen LogP contribution is 2.41. The first kappa shape index (κ1) is 13.8. The van der Waals surface area contributed by atoms with E-state index in [9.17, 15) is 0 Å². The zero-order chi connectivity index (χ0) is 15.0. The molecule has 1 unspecified atom stereocenters. The molecule has 1 saturated carbocycles. The predicted octanol–water partition coefficient (Wildman–Crippen LogP) is 3.12. The summed E-state index contributed by atoms with van der Waals surface area (Å²) in [6, 6.07) is 6.03. The lowest BCUT2D eigenvalue weighted by molar-refractivity contribution is 0.404. The van der Waals surface area contributed by atoms with E-state index in [-0.39, 0.29) is 0 Å². The van der Waals surface area contributed by atoms with Crippen molar-refractivity contribution in [3.05, 3.63) is 24.4 Å². The monoisotopic (exact) mass is 287 g/mol. The molecule has 1 fully saturated rings. The first-order valence-electron chi connectivity index (χ1n) is 7.21. The van der Waals surface area contributed by atoms with E-state index in [1.807, 2.05) is 29.1 Å². The van der Waals surface area contributed by atoms with Crippen LogP contribution in [0.25, 0.3) is 11.3 Å². The molecular weight excluding hydrogens is 266 g/mol. The first-order chi connectivity index (χ1) is 10.1. The van der Waals surface area contributed by atoms with Crippen molar-refractivity contribution in [2.75, 3.05) is 20.0 Å². The van der Waals surface area contributed by atoms with Gasteiger partial charge in [-0.3, -0.25) is 4.68 Å². The number of nitrogens with two attached hydrogens (primary N) is 1. The molecule has 112 valence electrons. The molecule has 2 N–H and O–H groups in total. The standard InChI is InChI=1S/C16H21N3O2/c1-10(11-4-5-11)19-9-14(17)16(18-19)13-8-12(20-2)6-7-15(13)21-3/h6-11H,4-5,17H2,1-3H3. The number of anilines is 1. The molecule has 1 atom stereocenters. The number of benzene rings is 1. The summed E-state index contributed by atoms with van der Waals surface area (Å²) >= 11 is 0. The summed E-state index contributed by atoms with van der Waals surface area (Å²) < 4.78 is 12.7. The quantitative estimate of drug-likeness (QED) is 0.917. The molecule has 5 heteroatoms. The molecule has 5 nitrogen and oxygen atoms in total. The molecule has 1 aliphatic carbocycles. The highest BCUT2D eigenvalue weighted by atomic mass is 16.5. The van der Waals surface area contributed by atoms with Crippen LogP contribution < -0.4 is 15.2 Å². The third-order valence-electron chi connectivity index (χ3n) is 4.14. The Bertz CT molecular complexity index is 647. The molecule has 0 spiro atoms. The zero-order valence-electron chi connectivity index (χ0n) is 12.7. The van der Waals surface area contributed by atoms with E-state index < -0.39 is 0 Å². The van der Waals surface area contributed by atoms with E-state index in [0.29, 0.717) is 11.7 Å². The minimum absolute atomic E-state index is 0.387. The van der Waals surface area contributed by atoms with Gasteiger partial charge in [-0.05, 0) is 43.9 Å². The second-order valence-electron chi connectivity index (χ2n) is 5.56. The van der Waals surface area contributed by atoms with Crippen molar-refractivity contribution < 1.29 is 9.47 Å². The van der Waals surface area contributed by atoms with Gasteiger partial charge in [-0.2, -0.15) is 5.10 Å². The molecule has 2 aromatic rings. The normalized spacial score (nSPS) is 15.8. The summed E-state index contributed by atoms with van der Waals surface area (Å²) in [5, 5.41) is 4.68. The molecule has 0 radical (unpaired) electrons. The van der Waals surface area contributed by atoms with Gasteiger partial charge in [-0.15, -0.1) is 0 Å². The fraction of sp³-hybridized carbons (Fsp3) is 0.438. The van der Waals surface area contributed by atoms with E-state index in [2.05, 4.69) is 12.0 Å². The van der Waals surface area contributed by atoms with Crippen LogP contribution in [0.3, 0.4) is 0 Å². The number of nitrogens with zero attached hydrogens (tertiary/aromatic N) is 2. The third kappa shape index (κ3) is 2.55. The molecule has 3 rings (SSSR count). The smallest absolute Gasteiger partial charge is 0.128 e. The Morgan fingerprint density at radius 2 is 2.05 bits per heavy atom. The number of aromatic nitrogens is 2. The summed E-state index contributed by atoms with van der Waals surface area (Å²) in [5.41, 5.74) is 8.43. The maximum atomic E-state index is 6.17. The number of rotatable bonds is 5. The van der Waals surface area contributed by atoms with Crippen molar-refractivity contribution in [1.29, 1.82) is 0 Å². The Morgan fingerprint density at radius 3 is 2.67 bits per heavy atom. The van der Waals surface area contributed by atoms with Crippen molar-refractivity contribution in [1.82, 2.24) is 9.78 Å². The predicted molar refractivity (Wildman–Crippen MR) is 82.6 cm³/mol. The number of ether oxygens (including phenoxy) is 2. The second kappa shape index (κ2) is 5.31. The van der Waals surface area contributed by atoms with Crippen LogP contribution >= 0.6 is 0 Å². The highest BCUT2D eigenvalue weighted by Gasteiger charge is 2.30. The fourth-order valence-electron chi connectivity index (χ4n) is 2.62. The average Bonchev–Trinajstić information content (AvgIpc) is 3.28. The largest absolute Gasteiger partial charge is 0.497 e. The van der Waals surface area contributed by atoms with Gasteiger partial charge in [0.2, 0.25) is 0 Å². The lowest BCUT2D eigenvalue weighted by Crippen LogP contribution is -2.07. The minimum Gasteiger partial charge on any atom is -0.497 e. The van der Waals surface area contributed by atoms with Crippen LogP contribution in [0.5, 0.6) is 11.5 Å². The van der Waals surface area contributed by atoms with E-state index in [1.54, 1.807) is 14.2 Å². The molecule has 0 saturated heterocycles. The maximum Gasteiger partial charge on any atom is 0.128 e. The van der Waals surface area contributed by atoms with Gasteiger partial charge in [0.15, 0.2) is 0 Å². The lowest BCUT2D eigenvalue weighted by Gasteiger charge is -2.11. The SMILES string of the molecule is COc1ccc(OC)c(-c2nn(C(C)C3CC3)cc2N)c1. The van der Waals surface area contributed by atoms with Crippen molar-refractivity contribution >= 4 is 5.69 Å². The van der Waals surface area contributed by atoms with Crippen molar-refractivity contribution in [2.45, 2.75) is 25.8 Å². The van der Waals surface area contributed by atoms with Crippen LogP contribution in [0.15, 0.2) is 24.4 Å². The summed E-state index contributed by atoms with van der Waals surface area (Å²) in [4.78, 5) is 0. The summed E-state index contributed by atoms with van der Waals surface area (Å²) in [7, 11) is 3.29. The molecule has 21 heavy (non-hydrogen) atoms. The molecule has 0 aliphatic heterocycles. The minimum atomic E-state index is 0.387. The van der Waals surface area contributed by atoms with Crippen LogP contribution in [-0.2, 0) is 0 Å².